The van der Waals surface area contributed by atoms with Gasteiger partial charge in [0.1, 0.15) is 0 Å². The molecule has 0 aromatic carbocycles. The molecule has 1 unspecified atom stereocenters. The van der Waals surface area contributed by atoms with Crippen LogP contribution >= 0.6 is 0 Å². The second-order valence-corrected chi connectivity index (χ2v) is 2.03. The van der Waals surface area contributed by atoms with Gasteiger partial charge in [-0.3, -0.25) is 0 Å². The van der Waals surface area contributed by atoms with Crippen molar-refractivity contribution in [1.29, 1.82) is 0 Å². The van der Waals surface area contributed by atoms with Crippen molar-refractivity contribution in [1.82, 2.24) is 10.2 Å². The Labute approximate surface area is 47.0 Å². The van der Waals surface area contributed by atoms with E-state index in [4.69, 9.17) is 0 Å². The van der Waals surface area contributed by atoms with Gasteiger partial charge in [0, 0.05) is 12.7 Å². The van der Waals surface area contributed by atoms with Crippen LogP contribution in [0.4, 0.5) is 4.79 Å². The van der Waals surface area contributed by atoms with E-state index < -0.39 is 0 Å². The largest absolute Gasteiger partial charge is 0.322 e. The molecule has 1 saturated heterocycles. The summed E-state index contributed by atoms with van der Waals surface area (Å²) in [7, 11) is 0. The van der Waals surface area contributed by atoms with Crippen molar-refractivity contribution in [3.8, 4) is 0 Å². The van der Waals surface area contributed by atoms with Crippen LogP contribution in [0.15, 0.2) is 12.3 Å². The molecule has 3 nitrogen and oxygen atoms in total. The number of nitrogens with zero attached hydrogens (tertiary/aromatic N) is 1. The van der Waals surface area contributed by atoms with Gasteiger partial charge in [0.05, 0.1) is 6.04 Å². The van der Waals surface area contributed by atoms with Gasteiger partial charge >= 0.3 is 6.03 Å². The van der Waals surface area contributed by atoms with Gasteiger partial charge in [0.2, 0.25) is 0 Å². The molecule has 1 atom stereocenters. The number of rotatable bonds is 0. The first-order chi connectivity index (χ1) is 3.88. The van der Waals surface area contributed by atoms with Crippen LogP contribution in [-0.4, -0.2) is 23.5 Å². The Bertz CT molecular complexity index is 164. The fourth-order valence-electron chi connectivity index (χ4n) is 0.866. The number of carbonyl (C=O) groups is 1. The molecule has 0 radical (unpaired) electrons. The van der Waals surface area contributed by atoms with Crippen molar-refractivity contribution in [3.05, 3.63) is 12.3 Å². The number of amides is 2. The van der Waals surface area contributed by atoms with Crippen molar-refractivity contribution in [3.63, 3.8) is 0 Å². The highest BCUT2D eigenvalue weighted by Gasteiger charge is 2.37. The predicted molar refractivity (Wildman–Crippen MR) is 28.2 cm³/mol. The summed E-state index contributed by atoms with van der Waals surface area (Å²) >= 11 is 0. The molecule has 42 valence electrons. The van der Waals surface area contributed by atoms with Gasteiger partial charge < -0.3 is 10.2 Å². The molecule has 2 heterocycles. The van der Waals surface area contributed by atoms with E-state index >= 15 is 0 Å². The quantitative estimate of drug-likeness (QED) is 0.434. The Balaban J connectivity index is 2.25. The fraction of sp³-hybridized carbons (Fsp3) is 0.400. The summed E-state index contributed by atoms with van der Waals surface area (Å²) in [6.45, 7) is 0.905. The first-order valence-electron chi connectivity index (χ1n) is 2.62. The van der Waals surface area contributed by atoms with Crippen LogP contribution in [0.3, 0.4) is 0 Å². The summed E-state index contributed by atoms with van der Waals surface area (Å²) in [5, 5.41) is 2.58. The molecule has 1 N–H and O–H groups in total. The summed E-state index contributed by atoms with van der Waals surface area (Å²) in [5.41, 5.74) is 0. The molecular formula is C5H6N2O. The normalized spacial score (nSPS) is 31.8. The molecule has 2 rings (SSSR count). The molecule has 0 aliphatic carbocycles. The van der Waals surface area contributed by atoms with Crippen LogP contribution in [0.25, 0.3) is 0 Å². The van der Waals surface area contributed by atoms with Crippen LogP contribution in [0.2, 0.25) is 0 Å². The first-order valence-corrected chi connectivity index (χ1v) is 2.62. The minimum absolute atomic E-state index is 0.0394. The maximum Gasteiger partial charge on any atom is 0.322 e. The molecule has 0 saturated carbocycles. The first kappa shape index (κ1) is 3.95. The Morgan fingerprint density at radius 3 is 3.38 bits per heavy atom. The van der Waals surface area contributed by atoms with Crippen molar-refractivity contribution in [2.75, 3.05) is 6.54 Å². The maximum atomic E-state index is 10.6. The Morgan fingerprint density at radius 2 is 2.75 bits per heavy atom. The van der Waals surface area contributed by atoms with Gasteiger partial charge in [-0.15, -0.1) is 0 Å². The zero-order valence-electron chi connectivity index (χ0n) is 4.29. The molecule has 1 fully saturated rings. The molecule has 2 amide bonds. The standard InChI is InChI=1S/C5H6N2O/c8-5-6-2-1-4-3-7(4)5/h1-2,4H,3H2,(H,6,8). The minimum atomic E-state index is 0.0394. The summed E-state index contributed by atoms with van der Waals surface area (Å²) in [6.07, 6.45) is 3.69. The predicted octanol–water partition coefficient (Wildman–Crippen LogP) is -0.0925. The summed E-state index contributed by atoms with van der Waals surface area (Å²) in [4.78, 5) is 12.4. The highest BCUT2D eigenvalue weighted by molar-refractivity contribution is 5.79. The highest BCUT2D eigenvalue weighted by atomic mass is 16.2. The fourth-order valence-corrected chi connectivity index (χ4v) is 0.866. The SMILES string of the molecule is O=C1NC=CC2CN12. The van der Waals surface area contributed by atoms with E-state index in [-0.39, 0.29) is 6.03 Å². The Kier molecular flexibility index (Phi) is 0.516. The van der Waals surface area contributed by atoms with E-state index in [1.807, 2.05) is 6.08 Å². The minimum Gasteiger partial charge on any atom is -0.315 e. The van der Waals surface area contributed by atoms with E-state index in [9.17, 15) is 4.79 Å². The lowest BCUT2D eigenvalue weighted by molar-refractivity contribution is 0.230. The van der Waals surface area contributed by atoms with Gasteiger partial charge in [-0.2, -0.15) is 0 Å². The summed E-state index contributed by atoms with van der Waals surface area (Å²) in [6, 6.07) is 0.459. The molecule has 0 aromatic rings. The van der Waals surface area contributed by atoms with E-state index in [1.165, 1.54) is 0 Å². The molecule has 2 aliphatic rings. The highest BCUT2D eigenvalue weighted by Crippen LogP contribution is 2.20. The van der Waals surface area contributed by atoms with Gasteiger partial charge in [-0.25, -0.2) is 4.79 Å². The van der Waals surface area contributed by atoms with Gasteiger partial charge in [-0.1, -0.05) is 0 Å². The van der Waals surface area contributed by atoms with Gasteiger partial charge in [-0.05, 0) is 6.08 Å². The monoisotopic (exact) mass is 110 g/mol. The van der Waals surface area contributed by atoms with Gasteiger partial charge in [0.15, 0.2) is 0 Å². The average molecular weight is 110 g/mol. The number of hydrogen-bond donors (Lipinski definition) is 1. The molecule has 0 spiro atoms. The van der Waals surface area contributed by atoms with E-state index in [1.54, 1.807) is 11.1 Å². The van der Waals surface area contributed by atoms with Crippen molar-refractivity contribution < 1.29 is 4.79 Å². The summed E-state index contributed by atoms with van der Waals surface area (Å²) in [5.74, 6) is 0. The zero-order valence-corrected chi connectivity index (χ0v) is 4.29. The van der Waals surface area contributed by atoms with Crippen LogP contribution in [0, 0.1) is 0 Å². The third-order valence-electron chi connectivity index (χ3n) is 1.44. The van der Waals surface area contributed by atoms with Crippen LogP contribution in [0.5, 0.6) is 0 Å². The molecule has 2 aliphatic heterocycles. The van der Waals surface area contributed by atoms with Crippen LogP contribution in [0.1, 0.15) is 0 Å². The Hall–Kier alpha value is -0.990. The number of nitrogens with one attached hydrogen (secondary N) is 1. The topological polar surface area (TPSA) is 32.1 Å². The smallest absolute Gasteiger partial charge is 0.315 e. The number of fused-ring (bicyclic) bond motifs is 1. The maximum absolute atomic E-state index is 10.6. The third kappa shape index (κ3) is 0.358. The number of urea groups is 1. The van der Waals surface area contributed by atoms with E-state index in [2.05, 4.69) is 5.32 Å². The van der Waals surface area contributed by atoms with Crippen LogP contribution < -0.4 is 5.32 Å². The molecule has 8 heavy (non-hydrogen) atoms. The third-order valence-corrected chi connectivity index (χ3v) is 1.44. The lowest BCUT2D eigenvalue weighted by Crippen LogP contribution is -2.27. The van der Waals surface area contributed by atoms with Crippen molar-refractivity contribution in [2.45, 2.75) is 6.04 Å². The molecule has 3 heteroatoms. The molecule has 0 aromatic heterocycles. The zero-order chi connectivity index (χ0) is 5.56. The molecular weight excluding hydrogens is 104 g/mol. The number of carbonyl (C=O) groups excluding carboxylic acids is 1. The lowest BCUT2D eigenvalue weighted by atomic mass is 10.4. The lowest BCUT2D eigenvalue weighted by Gasteiger charge is -2.04. The van der Waals surface area contributed by atoms with E-state index in [0.717, 1.165) is 6.54 Å². The average Bonchev–Trinajstić information content (AvgIpc) is 2.45. The second-order valence-electron chi connectivity index (χ2n) is 2.03. The Morgan fingerprint density at radius 1 is 1.88 bits per heavy atom. The molecule has 0 bridgehead atoms. The van der Waals surface area contributed by atoms with Crippen molar-refractivity contribution >= 4 is 6.03 Å². The van der Waals surface area contributed by atoms with Gasteiger partial charge in [0.25, 0.3) is 0 Å². The second kappa shape index (κ2) is 1.05. The number of hydrogen-bond acceptors (Lipinski definition) is 1. The van der Waals surface area contributed by atoms with Crippen LogP contribution in [-0.2, 0) is 0 Å². The van der Waals surface area contributed by atoms with Crippen molar-refractivity contribution in [2.24, 2.45) is 0 Å². The summed E-state index contributed by atoms with van der Waals surface area (Å²) < 4.78 is 0. The van der Waals surface area contributed by atoms with E-state index in [0.29, 0.717) is 6.04 Å².